The summed E-state index contributed by atoms with van der Waals surface area (Å²) in [6, 6.07) is 10.5. The Morgan fingerprint density at radius 2 is 2.00 bits per heavy atom. The highest BCUT2D eigenvalue weighted by Crippen LogP contribution is 2.25. The van der Waals surface area contributed by atoms with Crippen LogP contribution >= 0.6 is 28.1 Å². The van der Waals surface area contributed by atoms with Gasteiger partial charge in [-0.25, -0.2) is 4.39 Å². The Labute approximate surface area is 124 Å². The van der Waals surface area contributed by atoms with Crippen LogP contribution in [0.4, 0.5) is 15.8 Å². The molecule has 98 valence electrons. The van der Waals surface area contributed by atoms with Crippen molar-refractivity contribution in [3.8, 4) is 0 Å². The number of hydrogen-bond acceptors (Lipinski definition) is 2. The molecule has 0 unspecified atom stereocenters. The van der Waals surface area contributed by atoms with E-state index in [2.05, 4.69) is 21.2 Å². The highest BCUT2D eigenvalue weighted by atomic mass is 79.9. The second-order valence-corrected chi connectivity index (χ2v) is 5.46. The number of nitrogens with one attached hydrogen (secondary N) is 1. The van der Waals surface area contributed by atoms with Crippen molar-refractivity contribution in [2.75, 3.05) is 5.32 Å². The van der Waals surface area contributed by atoms with Crippen LogP contribution in [-0.4, -0.2) is 4.99 Å². The molecule has 0 spiro atoms. The number of thiocarbonyl (C=S) groups is 1. The molecule has 0 aliphatic rings. The Hall–Kier alpha value is -1.46. The van der Waals surface area contributed by atoms with E-state index in [9.17, 15) is 4.39 Å². The van der Waals surface area contributed by atoms with E-state index in [1.165, 1.54) is 6.07 Å². The number of nitrogens with two attached hydrogens (primary N) is 1. The molecular weight excluding hydrogens is 327 g/mol. The molecule has 0 fully saturated rings. The first-order chi connectivity index (χ1) is 8.97. The summed E-state index contributed by atoms with van der Waals surface area (Å²) in [4.78, 5) is 0.306. The quantitative estimate of drug-likeness (QED) is 0.820. The lowest BCUT2D eigenvalue weighted by atomic mass is 10.1. The van der Waals surface area contributed by atoms with E-state index in [0.717, 1.165) is 16.8 Å². The smallest absolute Gasteiger partial charge is 0.139 e. The summed E-state index contributed by atoms with van der Waals surface area (Å²) in [6.45, 7) is 1.97. The van der Waals surface area contributed by atoms with Crippen LogP contribution in [0.2, 0.25) is 0 Å². The number of benzene rings is 2. The molecule has 2 aromatic rings. The van der Waals surface area contributed by atoms with Gasteiger partial charge in [0, 0.05) is 16.9 Å². The maximum absolute atomic E-state index is 13.5. The molecule has 19 heavy (non-hydrogen) atoms. The van der Waals surface area contributed by atoms with Gasteiger partial charge in [-0.15, -0.1) is 0 Å². The van der Waals surface area contributed by atoms with Crippen molar-refractivity contribution in [3.63, 3.8) is 0 Å². The predicted octanol–water partition coefficient (Wildman–Crippen LogP) is 4.27. The summed E-state index contributed by atoms with van der Waals surface area (Å²) in [7, 11) is 0. The maximum atomic E-state index is 13.5. The Morgan fingerprint density at radius 1 is 1.26 bits per heavy atom. The van der Waals surface area contributed by atoms with Crippen molar-refractivity contribution in [2.24, 2.45) is 5.73 Å². The largest absolute Gasteiger partial charge is 0.389 e. The zero-order chi connectivity index (χ0) is 14.0. The molecule has 3 N–H and O–H groups in total. The molecule has 0 atom stereocenters. The second kappa shape index (κ2) is 5.67. The van der Waals surface area contributed by atoms with Gasteiger partial charge < -0.3 is 11.1 Å². The zero-order valence-corrected chi connectivity index (χ0v) is 12.6. The number of hydrogen-bond donors (Lipinski definition) is 2. The average molecular weight is 339 g/mol. The third-order valence-electron chi connectivity index (χ3n) is 2.64. The van der Waals surface area contributed by atoms with Crippen LogP contribution in [-0.2, 0) is 0 Å². The average Bonchev–Trinajstić information content (AvgIpc) is 2.33. The van der Waals surface area contributed by atoms with Crippen LogP contribution in [0, 0.1) is 12.7 Å². The van der Waals surface area contributed by atoms with Crippen LogP contribution < -0.4 is 11.1 Å². The Kier molecular flexibility index (Phi) is 4.17. The SMILES string of the molecule is Cc1ccc(C(N)=S)c(Nc2ccc(Br)c(F)c2)c1. The van der Waals surface area contributed by atoms with Gasteiger partial charge in [-0.3, -0.25) is 0 Å². The first-order valence-electron chi connectivity index (χ1n) is 5.60. The molecule has 2 nitrogen and oxygen atoms in total. The summed E-state index contributed by atoms with van der Waals surface area (Å²) in [6.07, 6.45) is 0. The van der Waals surface area contributed by atoms with Gasteiger partial charge in [-0.1, -0.05) is 18.3 Å². The Morgan fingerprint density at radius 3 is 2.63 bits per heavy atom. The van der Waals surface area contributed by atoms with Crippen LogP contribution in [0.25, 0.3) is 0 Å². The monoisotopic (exact) mass is 338 g/mol. The summed E-state index contributed by atoms with van der Waals surface area (Å²) in [5, 5.41) is 3.13. The molecule has 0 amide bonds. The summed E-state index contributed by atoms with van der Waals surface area (Å²) >= 11 is 8.13. The van der Waals surface area contributed by atoms with Gasteiger partial charge in [0.2, 0.25) is 0 Å². The van der Waals surface area contributed by atoms with Gasteiger partial charge in [0.05, 0.1) is 4.47 Å². The lowest BCUT2D eigenvalue weighted by molar-refractivity contribution is 0.622. The number of rotatable bonds is 3. The number of halogens is 2. The molecule has 5 heteroatoms. The van der Waals surface area contributed by atoms with Gasteiger partial charge in [-0.2, -0.15) is 0 Å². The van der Waals surface area contributed by atoms with Crippen LogP contribution in [0.3, 0.4) is 0 Å². The molecule has 0 heterocycles. The highest BCUT2D eigenvalue weighted by molar-refractivity contribution is 9.10. The number of anilines is 2. The minimum atomic E-state index is -0.325. The molecule has 0 radical (unpaired) electrons. The molecule has 2 rings (SSSR count). The van der Waals surface area contributed by atoms with Crippen molar-refractivity contribution >= 4 is 44.5 Å². The van der Waals surface area contributed by atoms with E-state index in [1.807, 2.05) is 25.1 Å². The van der Waals surface area contributed by atoms with E-state index in [1.54, 1.807) is 12.1 Å². The van der Waals surface area contributed by atoms with Gasteiger partial charge in [0.1, 0.15) is 10.8 Å². The molecule has 0 saturated carbocycles. The lowest BCUT2D eigenvalue weighted by Crippen LogP contribution is -2.12. The minimum absolute atomic E-state index is 0.306. The molecule has 0 bridgehead atoms. The highest BCUT2D eigenvalue weighted by Gasteiger charge is 2.07. The van der Waals surface area contributed by atoms with E-state index < -0.39 is 0 Å². The first kappa shape index (κ1) is 14.0. The first-order valence-corrected chi connectivity index (χ1v) is 6.80. The minimum Gasteiger partial charge on any atom is -0.389 e. The fourth-order valence-corrected chi connectivity index (χ4v) is 2.13. The van der Waals surface area contributed by atoms with Gasteiger partial charge >= 0.3 is 0 Å². The summed E-state index contributed by atoms with van der Waals surface area (Å²) < 4.78 is 13.9. The molecule has 0 aliphatic carbocycles. The number of aryl methyl sites for hydroxylation is 1. The van der Waals surface area contributed by atoms with Gasteiger partial charge in [0.25, 0.3) is 0 Å². The van der Waals surface area contributed by atoms with Gasteiger partial charge in [-0.05, 0) is 58.7 Å². The topological polar surface area (TPSA) is 38.0 Å². The standard InChI is InChI=1S/C14H12BrFN2S/c1-8-2-4-10(14(17)19)13(6-8)18-9-3-5-11(15)12(16)7-9/h2-7,18H,1H3,(H2,17,19). The molecule has 2 aromatic carbocycles. The van der Waals surface area contributed by atoms with Gasteiger partial charge in [0.15, 0.2) is 0 Å². The molecule has 0 saturated heterocycles. The molecule has 0 aliphatic heterocycles. The van der Waals surface area contributed by atoms with E-state index in [0.29, 0.717) is 15.1 Å². The summed E-state index contributed by atoms with van der Waals surface area (Å²) in [5.74, 6) is -0.325. The Balaban J connectivity index is 2.39. The molecule has 0 aromatic heterocycles. The third kappa shape index (κ3) is 3.30. The lowest BCUT2D eigenvalue weighted by Gasteiger charge is -2.12. The van der Waals surface area contributed by atoms with Crippen molar-refractivity contribution in [1.29, 1.82) is 0 Å². The normalized spacial score (nSPS) is 10.3. The fraction of sp³-hybridized carbons (Fsp3) is 0.0714. The van der Waals surface area contributed by atoms with E-state index in [-0.39, 0.29) is 5.82 Å². The summed E-state index contributed by atoms with van der Waals surface area (Å²) in [5.41, 5.74) is 8.91. The van der Waals surface area contributed by atoms with Crippen molar-refractivity contribution in [3.05, 3.63) is 57.8 Å². The Bertz CT molecular complexity index is 643. The fourth-order valence-electron chi connectivity index (χ4n) is 1.71. The predicted molar refractivity (Wildman–Crippen MR) is 84.4 cm³/mol. The third-order valence-corrected chi connectivity index (χ3v) is 3.50. The van der Waals surface area contributed by atoms with Crippen molar-refractivity contribution in [2.45, 2.75) is 6.92 Å². The van der Waals surface area contributed by atoms with Crippen LogP contribution in [0.5, 0.6) is 0 Å². The van der Waals surface area contributed by atoms with Crippen LogP contribution in [0.1, 0.15) is 11.1 Å². The van der Waals surface area contributed by atoms with Crippen LogP contribution in [0.15, 0.2) is 40.9 Å². The second-order valence-electron chi connectivity index (χ2n) is 4.17. The maximum Gasteiger partial charge on any atom is 0.139 e. The van der Waals surface area contributed by atoms with Crippen molar-refractivity contribution < 1.29 is 4.39 Å². The zero-order valence-electron chi connectivity index (χ0n) is 10.2. The molecular formula is C14H12BrFN2S. The van der Waals surface area contributed by atoms with E-state index in [4.69, 9.17) is 18.0 Å². The van der Waals surface area contributed by atoms with E-state index >= 15 is 0 Å². The van der Waals surface area contributed by atoms with Crippen molar-refractivity contribution in [1.82, 2.24) is 0 Å².